The Morgan fingerprint density at radius 1 is 1.44 bits per heavy atom. The highest BCUT2D eigenvalue weighted by molar-refractivity contribution is 5.84. The van der Waals surface area contributed by atoms with Gasteiger partial charge in [0.2, 0.25) is 5.91 Å². The van der Waals surface area contributed by atoms with Crippen LogP contribution in [0.4, 0.5) is 0 Å². The first-order valence-electron chi connectivity index (χ1n) is 5.20. The first-order chi connectivity index (χ1) is 7.22. The highest BCUT2D eigenvalue weighted by atomic mass is 16.5. The molecule has 16 heavy (non-hydrogen) atoms. The molecule has 0 saturated carbocycles. The maximum atomic E-state index is 11.8. The quantitative estimate of drug-likeness (QED) is 0.740. The van der Waals surface area contributed by atoms with Gasteiger partial charge in [0.25, 0.3) is 0 Å². The lowest BCUT2D eigenvalue weighted by Gasteiger charge is -2.27. The molecule has 0 aliphatic heterocycles. The third kappa shape index (κ3) is 4.18. The van der Waals surface area contributed by atoms with Gasteiger partial charge in [-0.15, -0.1) is 0 Å². The molecule has 0 saturated heterocycles. The van der Waals surface area contributed by atoms with E-state index in [-0.39, 0.29) is 18.4 Å². The summed E-state index contributed by atoms with van der Waals surface area (Å²) in [6, 6.07) is -0.0536. The third-order valence-electron chi connectivity index (χ3n) is 2.63. The van der Waals surface area contributed by atoms with Gasteiger partial charge in [-0.05, 0) is 20.8 Å². The van der Waals surface area contributed by atoms with Crippen LogP contribution in [-0.4, -0.2) is 48.7 Å². The number of ether oxygens (including phenoxy) is 1. The van der Waals surface area contributed by atoms with E-state index in [9.17, 15) is 9.59 Å². The summed E-state index contributed by atoms with van der Waals surface area (Å²) in [4.78, 5) is 24.2. The minimum absolute atomic E-state index is 0.00706. The smallest absolute Gasteiger partial charge is 0.309 e. The summed E-state index contributed by atoms with van der Waals surface area (Å²) in [5.41, 5.74) is -1.03. The van der Waals surface area contributed by atoms with Crippen LogP contribution in [0.5, 0.6) is 0 Å². The lowest BCUT2D eigenvalue weighted by Crippen LogP contribution is -2.41. The van der Waals surface area contributed by atoms with E-state index in [1.165, 1.54) is 4.90 Å². The average molecular weight is 231 g/mol. The van der Waals surface area contributed by atoms with Crippen LogP contribution in [0.15, 0.2) is 0 Å². The molecule has 1 atom stereocenters. The molecule has 1 unspecified atom stereocenters. The number of carboxylic acids is 1. The van der Waals surface area contributed by atoms with Gasteiger partial charge in [0, 0.05) is 20.6 Å². The fourth-order valence-corrected chi connectivity index (χ4v) is 1.18. The van der Waals surface area contributed by atoms with Crippen LogP contribution < -0.4 is 0 Å². The summed E-state index contributed by atoms with van der Waals surface area (Å²) in [5, 5.41) is 8.92. The molecular formula is C11H21NO4. The molecule has 0 aromatic carbocycles. The van der Waals surface area contributed by atoms with E-state index in [1.807, 2.05) is 6.92 Å². The lowest BCUT2D eigenvalue weighted by atomic mass is 9.89. The number of methoxy groups -OCH3 is 1. The molecule has 0 aromatic heterocycles. The number of carbonyl (C=O) groups is 2. The molecular weight excluding hydrogens is 210 g/mol. The van der Waals surface area contributed by atoms with Gasteiger partial charge in [0.15, 0.2) is 0 Å². The van der Waals surface area contributed by atoms with Crippen molar-refractivity contribution in [2.45, 2.75) is 33.2 Å². The lowest BCUT2D eigenvalue weighted by molar-refractivity contribution is -0.151. The van der Waals surface area contributed by atoms with E-state index >= 15 is 0 Å². The number of hydrogen-bond acceptors (Lipinski definition) is 3. The van der Waals surface area contributed by atoms with Crippen molar-refractivity contribution in [3.8, 4) is 0 Å². The van der Waals surface area contributed by atoms with Crippen molar-refractivity contribution in [2.75, 3.05) is 20.8 Å². The van der Waals surface area contributed by atoms with E-state index in [4.69, 9.17) is 9.84 Å². The Kier molecular flexibility index (Phi) is 5.44. The van der Waals surface area contributed by atoms with Gasteiger partial charge in [-0.3, -0.25) is 9.59 Å². The molecule has 0 heterocycles. The minimum Gasteiger partial charge on any atom is -0.481 e. The Bertz CT molecular complexity index is 263. The number of hydrogen-bond donors (Lipinski definition) is 1. The Morgan fingerprint density at radius 2 is 1.94 bits per heavy atom. The topological polar surface area (TPSA) is 66.8 Å². The largest absolute Gasteiger partial charge is 0.481 e. The Balaban J connectivity index is 4.41. The normalized spacial score (nSPS) is 13.3. The van der Waals surface area contributed by atoms with Gasteiger partial charge in [-0.1, -0.05) is 0 Å². The average Bonchev–Trinajstić information content (AvgIpc) is 2.15. The van der Waals surface area contributed by atoms with Crippen LogP contribution in [0, 0.1) is 5.41 Å². The molecule has 0 aliphatic rings. The molecule has 0 bridgehead atoms. The molecule has 5 nitrogen and oxygen atoms in total. The van der Waals surface area contributed by atoms with Gasteiger partial charge in [0.1, 0.15) is 0 Å². The molecule has 0 radical (unpaired) electrons. The zero-order chi connectivity index (χ0) is 12.9. The number of carboxylic acid groups (broad SMARTS) is 1. The minimum atomic E-state index is -1.03. The van der Waals surface area contributed by atoms with Crippen molar-refractivity contribution < 1.29 is 19.4 Å². The summed E-state index contributed by atoms with van der Waals surface area (Å²) in [6.07, 6.45) is -0.00706. The molecule has 0 aliphatic carbocycles. The Morgan fingerprint density at radius 3 is 2.31 bits per heavy atom. The van der Waals surface area contributed by atoms with Crippen molar-refractivity contribution in [3.05, 3.63) is 0 Å². The molecule has 0 rings (SSSR count). The van der Waals surface area contributed by atoms with Crippen LogP contribution >= 0.6 is 0 Å². The van der Waals surface area contributed by atoms with Crippen LogP contribution in [0.1, 0.15) is 27.2 Å². The SMILES string of the molecule is COCC(C)N(C)C(=O)CC(C)(C)C(=O)O. The van der Waals surface area contributed by atoms with Crippen LogP contribution in [0.3, 0.4) is 0 Å². The van der Waals surface area contributed by atoms with Crippen LogP contribution in [0.2, 0.25) is 0 Å². The molecule has 0 fully saturated rings. The highest BCUT2D eigenvalue weighted by Gasteiger charge is 2.32. The van der Waals surface area contributed by atoms with Gasteiger partial charge in [0.05, 0.1) is 18.1 Å². The number of rotatable bonds is 6. The maximum Gasteiger partial charge on any atom is 0.309 e. The van der Waals surface area contributed by atoms with Crippen LogP contribution in [0.25, 0.3) is 0 Å². The van der Waals surface area contributed by atoms with Crippen LogP contribution in [-0.2, 0) is 14.3 Å². The molecule has 1 amide bonds. The Labute approximate surface area is 96.4 Å². The molecule has 5 heteroatoms. The predicted molar refractivity (Wildman–Crippen MR) is 60.1 cm³/mol. The predicted octanol–water partition coefficient (Wildman–Crippen LogP) is 0.981. The monoisotopic (exact) mass is 231 g/mol. The second-order valence-electron chi connectivity index (χ2n) is 4.67. The number of aliphatic carboxylic acids is 1. The zero-order valence-electron chi connectivity index (χ0n) is 10.6. The Hall–Kier alpha value is -1.10. The van der Waals surface area contributed by atoms with E-state index in [0.717, 1.165) is 0 Å². The molecule has 0 aromatic rings. The second kappa shape index (κ2) is 5.84. The van der Waals surface area contributed by atoms with Crippen molar-refractivity contribution >= 4 is 11.9 Å². The van der Waals surface area contributed by atoms with E-state index in [2.05, 4.69) is 0 Å². The van der Waals surface area contributed by atoms with Gasteiger partial charge < -0.3 is 14.7 Å². The molecule has 0 spiro atoms. The summed E-state index contributed by atoms with van der Waals surface area (Å²) < 4.78 is 4.94. The number of carbonyl (C=O) groups excluding carboxylic acids is 1. The van der Waals surface area contributed by atoms with E-state index in [0.29, 0.717) is 6.61 Å². The summed E-state index contributed by atoms with van der Waals surface area (Å²) in [7, 11) is 3.22. The zero-order valence-corrected chi connectivity index (χ0v) is 10.6. The fraction of sp³-hybridized carbons (Fsp3) is 0.818. The highest BCUT2D eigenvalue weighted by Crippen LogP contribution is 2.21. The number of amides is 1. The fourth-order valence-electron chi connectivity index (χ4n) is 1.18. The van der Waals surface area contributed by atoms with Crippen molar-refractivity contribution in [2.24, 2.45) is 5.41 Å². The summed E-state index contributed by atoms with van der Waals surface area (Å²) in [6.45, 7) is 5.38. The maximum absolute atomic E-state index is 11.8. The van der Waals surface area contributed by atoms with Crippen molar-refractivity contribution in [1.82, 2.24) is 4.90 Å². The second-order valence-corrected chi connectivity index (χ2v) is 4.67. The molecule has 94 valence electrons. The van der Waals surface area contributed by atoms with Gasteiger partial charge in [-0.25, -0.2) is 0 Å². The van der Waals surface area contributed by atoms with E-state index in [1.54, 1.807) is 28.0 Å². The summed E-state index contributed by atoms with van der Waals surface area (Å²) >= 11 is 0. The van der Waals surface area contributed by atoms with Gasteiger partial charge >= 0.3 is 5.97 Å². The van der Waals surface area contributed by atoms with Crippen molar-refractivity contribution in [1.29, 1.82) is 0 Å². The number of likely N-dealkylation sites (N-methyl/N-ethyl adjacent to an activating group) is 1. The van der Waals surface area contributed by atoms with Crippen molar-refractivity contribution in [3.63, 3.8) is 0 Å². The first-order valence-corrected chi connectivity index (χ1v) is 5.20. The van der Waals surface area contributed by atoms with E-state index < -0.39 is 11.4 Å². The molecule has 1 N–H and O–H groups in total. The van der Waals surface area contributed by atoms with Gasteiger partial charge in [-0.2, -0.15) is 0 Å². The third-order valence-corrected chi connectivity index (χ3v) is 2.63. The summed E-state index contributed by atoms with van der Waals surface area (Å²) in [5.74, 6) is -1.15. The number of nitrogens with zero attached hydrogens (tertiary/aromatic N) is 1. The standard InChI is InChI=1S/C11H21NO4/c1-8(7-16-5)12(4)9(13)6-11(2,3)10(14)15/h8H,6-7H2,1-5H3,(H,14,15). The first kappa shape index (κ1) is 14.9.